The lowest BCUT2D eigenvalue weighted by Gasteiger charge is -2.41. The zero-order valence-electron chi connectivity index (χ0n) is 12.1. The van der Waals surface area contributed by atoms with Gasteiger partial charge in [0, 0.05) is 36.7 Å². The highest BCUT2D eigenvalue weighted by Gasteiger charge is 2.35. The minimum Gasteiger partial charge on any atom is -0.508 e. The van der Waals surface area contributed by atoms with E-state index in [2.05, 4.69) is 5.32 Å². The Morgan fingerprint density at radius 1 is 1.38 bits per heavy atom. The smallest absolute Gasteiger partial charge is 0.254 e. The molecule has 21 heavy (non-hydrogen) atoms. The van der Waals surface area contributed by atoms with Gasteiger partial charge in [-0.05, 0) is 37.8 Å². The predicted molar refractivity (Wildman–Crippen MR) is 78.0 cm³/mol. The average molecular weight is 288 g/mol. The first-order valence-corrected chi connectivity index (χ1v) is 7.43. The van der Waals surface area contributed by atoms with Gasteiger partial charge in [-0.3, -0.25) is 9.59 Å². The van der Waals surface area contributed by atoms with E-state index in [1.165, 1.54) is 0 Å². The summed E-state index contributed by atoms with van der Waals surface area (Å²) in [7, 11) is 0. The molecule has 0 aliphatic carbocycles. The molecule has 2 saturated heterocycles. The van der Waals surface area contributed by atoms with Gasteiger partial charge in [-0.1, -0.05) is 6.07 Å². The maximum atomic E-state index is 12.6. The minimum atomic E-state index is -0.0289. The number of phenolic OH excluding ortho intramolecular Hbond substituents is 1. The van der Waals surface area contributed by atoms with E-state index in [1.54, 1.807) is 25.1 Å². The maximum absolute atomic E-state index is 12.6. The summed E-state index contributed by atoms with van der Waals surface area (Å²) in [4.78, 5) is 25.9. The first-order chi connectivity index (χ1) is 10.1. The molecule has 2 aliphatic heterocycles. The third-order valence-electron chi connectivity index (χ3n) is 4.65. The summed E-state index contributed by atoms with van der Waals surface area (Å²) in [5, 5.41) is 12.8. The van der Waals surface area contributed by atoms with E-state index in [-0.39, 0.29) is 23.6 Å². The Bertz CT molecular complexity index is 585. The standard InChI is InChI=1S/C16H20N2O3/c1-10-12(3-2-4-14(10)19)16(21)18-8-7-13-11(9-18)5-6-15(20)17-13/h2-4,11,13,19H,5-9H2,1H3,(H,17,20). The molecular weight excluding hydrogens is 268 g/mol. The fourth-order valence-corrected chi connectivity index (χ4v) is 3.32. The lowest BCUT2D eigenvalue weighted by atomic mass is 9.85. The van der Waals surface area contributed by atoms with Gasteiger partial charge in [0.15, 0.2) is 0 Å². The van der Waals surface area contributed by atoms with Crippen molar-refractivity contribution >= 4 is 11.8 Å². The second-order valence-corrected chi connectivity index (χ2v) is 5.96. The summed E-state index contributed by atoms with van der Waals surface area (Å²) in [5.41, 5.74) is 1.19. The molecule has 2 heterocycles. The molecule has 2 unspecified atom stereocenters. The number of hydrogen-bond acceptors (Lipinski definition) is 3. The van der Waals surface area contributed by atoms with Crippen molar-refractivity contribution in [2.75, 3.05) is 13.1 Å². The van der Waals surface area contributed by atoms with E-state index in [0.717, 1.165) is 12.8 Å². The molecule has 0 radical (unpaired) electrons. The molecule has 0 aromatic heterocycles. The zero-order valence-corrected chi connectivity index (χ0v) is 12.1. The third-order valence-corrected chi connectivity index (χ3v) is 4.65. The van der Waals surface area contributed by atoms with Crippen molar-refractivity contribution in [1.82, 2.24) is 10.2 Å². The average Bonchev–Trinajstić information content (AvgIpc) is 2.49. The molecule has 2 N–H and O–H groups in total. The summed E-state index contributed by atoms with van der Waals surface area (Å²) in [6.45, 7) is 3.09. The van der Waals surface area contributed by atoms with E-state index in [4.69, 9.17) is 0 Å². The van der Waals surface area contributed by atoms with Crippen LogP contribution in [0.5, 0.6) is 5.75 Å². The van der Waals surface area contributed by atoms with E-state index in [9.17, 15) is 14.7 Å². The van der Waals surface area contributed by atoms with Gasteiger partial charge in [0.2, 0.25) is 5.91 Å². The molecule has 2 fully saturated rings. The van der Waals surface area contributed by atoms with Crippen LogP contribution in [0, 0.1) is 12.8 Å². The van der Waals surface area contributed by atoms with Gasteiger partial charge in [-0.2, -0.15) is 0 Å². The fraction of sp³-hybridized carbons (Fsp3) is 0.500. The topological polar surface area (TPSA) is 69.6 Å². The van der Waals surface area contributed by atoms with Crippen LogP contribution in [0.3, 0.4) is 0 Å². The molecule has 1 aromatic rings. The predicted octanol–water partition coefficient (Wildman–Crippen LogP) is 1.44. The number of nitrogens with one attached hydrogen (secondary N) is 1. The van der Waals surface area contributed by atoms with Crippen LogP contribution in [-0.4, -0.2) is 41.0 Å². The summed E-state index contributed by atoms with van der Waals surface area (Å²) < 4.78 is 0. The van der Waals surface area contributed by atoms with Gasteiger partial charge in [0.05, 0.1) is 0 Å². The molecule has 2 amide bonds. The van der Waals surface area contributed by atoms with Gasteiger partial charge in [0.1, 0.15) is 5.75 Å². The Morgan fingerprint density at radius 2 is 2.19 bits per heavy atom. The van der Waals surface area contributed by atoms with Crippen molar-refractivity contribution in [2.24, 2.45) is 5.92 Å². The largest absolute Gasteiger partial charge is 0.508 e. The second-order valence-electron chi connectivity index (χ2n) is 5.96. The van der Waals surface area contributed by atoms with E-state index < -0.39 is 0 Å². The lowest BCUT2D eigenvalue weighted by Crippen LogP contribution is -2.55. The number of rotatable bonds is 1. The van der Waals surface area contributed by atoms with Crippen LogP contribution in [0.15, 0.2) is 18.2 Å². The monoisotopic (exact) mass is 288 g/mol. The van der Waals surface area contributed by atoms with Gasteiger partial charge >= 0.3 is 0 Å². The Kier molecular flexibility index (Phi) is 3.57. The number of carbonyl (C=O) groups excluding carboxylic acids is 2. The Balaban J connectivity index is 1.75. The number of amides is 2. The number of hydrogen-bond donors (Lipinski definition) is 2. The molecule has 2 atom stereocenters. The van der Waals surface area contributed by atoms with Gasteiger partial charge in [-0.15, -0.1) is 0 Å². The van der Waals surface area contributed by atoms with Gasteiger partial charge in [0.25, 0.3) is 5.91 Å². The number of fused-ring (bicyclic) bond motifs is 1. The van der Waals surface area contributed by atoms with Crippen molar-refractivity contribution in [3.8, 4) is 5.75 Å². The van der Waals surface area contributed by atoms with Gasteiger partial charge < -0.3 is 15.3 Å². The minimum absolute atomic E-state index is 0.0289. The molecular formula is C16H20N2O3. The number of carbonyl (C=O) groups is 2. The third kappa shape index (κ3) is 2.60. The number of aromatic hydroxyl groups is 1. The Morgan fingerprint density at radius 3 is 3.00 bits per heavy atom. The van der Waals surface area contributed by atoms with E-state index in [1.807, 2.05) is 4.90 Å². The van der Waals surface area contributed by atoms with E-state index in [0.29, 0.717) is 36.6 Å². The molecule has 112 valence electrons. The highest BCUT2D eigenvalue weighted by atomic mass is 16.3. The Hall–Kier alpha value is -2.04. The first-order valence-electron chi connectivity index (χ1n) is 7.43. The molecule has 5 heteroatoms. The Labute approximate surface area is 123 Å². The maximum Gasteiger partial charge on any atom is 0.254 e. The molecule has 1 aromatic carbocycles. The second kappa shape index (κ2) is 5.39. The van der Waals surface area contributed by atoms with Gasteiger partial charge in [-0.25, -0.2) is 0 Å². The molecule has 5 nitrogen and oxygen atoms in total. The fourth-order valence-electron chi connectivity index (χ4n) is 3.32. The summed E-state index contributed by atoms with van der Waals surface area (Å²) in [6.07, 6.45) is 2.20. The molecule has 0 spiro atoms. The van der Waals surface area contributed by atoms with Crippen LogP contribution in [0.2, 0.25) is 0 Å². The molecule has 0 saturated carbocycles. The highest BCUT2D eigenvalue weighted by molar-refractivity contribution is 5.96. The highest BCUT2D eigenvalue weighted by Crippen LogP contribution is 2.28. The quantitative estimate of drug-likeness (QED) is 0.821. The van der Waals surface area contributed by atoms with Crippen LogP contribution in [0.1, 0.15) is 35.2 Å². The van der Waals surface area contributed by atoms with Crippen LogP contribution in [-0.2, 0) is 4.79 Å². The molecule has 3 rings (SSSR count). The van der Waals surface area contributed by atoms with Crippen LogP contribution in [0.4, 0.5) is 0 Å². The number of nitrogens with zero attached hydrogens (tertiary/aromatic N) is 1. The van der Waals surface area contributed by atoms with Crippen molar-refractivity contribution < 1.29 is 14.7 Å². The molecule has 2 aliphatic rings. The first kappa shape index (κ1) is 13.9. The summed E-state index contributed by atoms with van der Waals surface area (Å²) in [5.74, 6) is 0.595. The number of benzene rings is 1. The van der Waals surface area contributed by atoms with Crippen molar-refractivity contribution in [2.45, 2.75) is 32.2 Å². The van der Waals surface area contributed by atoms with Crippen molar-refractivity contribution in [3.63, 3.8) is 0 Å². The van der Waals surface area contributed by atoms with Crippen LogP contribution in [0.25, 0.3) is 0 Å². The summed E-state index contributed by atoms with van der Waals surface area (Å²) >= 11 is 0. The number of phenols is 1. The summed E-state index contributed by atoms with van der Waals surface area (Å²) in [6, 6.07) is 5.25. The number of piperidine rings is 2. The van der Waals surface area contributed by atoms with Crippen LogP contribution < -0.4 is 5.32 Å². The zero-order chi connectivity index (χ0) is 15.0. The van der Waals surface area contributed by atoms with E-state index >= 15 is 0 Å². The van der Waals surface area contributed by atoms with Crippen molar-refractivity contribution in [1.29, 1.82) is 0 Å². The molecule has 0 bridgehead atoms. The van der Waals surface area contributed by atoms with Crippen LogP contribution >= 0.6 is 0 Å². The SMILES string of the molecule is Cc1c(O)cccc1C(=O)N1CCC2NC(=O)CCC2C1. The number of likely N-dealkylation sites (tertiary alicyclic amines) is 1. The van der Waals surface area contributed by atoms with Crippen molar-refractivity contribution in [3.05, 3.63) is 29.3 Å². The lowest BCUT2D eigenvalue weighted by molar-refractivity contribution is -0.125. The normalized spacial score (nSPS) is 25.2.